The number of hydrogen-bond donors (Lipinski definition) is 2. The third kappa shape index (κ3) is 3.57. The summed E-state index contributed by atoms with van der Waals surface area (Å²) in [5.41, 5.74) is 3.14. The number of halogens is 1. The van der Waals surface area contributed by atoms with Crippen molar-refractivity contribution in [2.24, 2.45) is 0 Å². The Morgan fingerprint density at radius 2 is 1.80 bits per heavy atom. The Labute approximate surface area is 117 Å². The van der Waals surface area contributed by atoms with Crippen LogP contribution < -0.4 is 5.32 Å². The molecule has 0 saturated carbocycles. The number of rotatable bonds is 5. The molecule has 0 radical (unpaired) electrons. The van der Waals surface area contributed by atoms with Crippen LogP contribution in [-0.4, -0.2) is 11.1 Å². The normalized spacial score (nSPS) is 10.3. The Morgan fingerprint density at radius 1 is 1.15 bits per heavy atom. The molecule has 0 amide bonds. The Hall–Kier alpha value is -2.36. The zero-order chi connectivity index (χ0) is 14.5. The maximum Gasteiger partial charge on any atom is 0.307 e. The van der Waals surface area contributed by atoms with Crippen molar-refractivity contribution in [3.8, 4) is 0 Å². The van der Waals surface area contributed by atoms with Crippen molar-refractivity contribution in [3.05, 3.63) is 65.0 Å². The zero-order valence-corrected chi connectivity index (χ0v) is 11.2. The molecular weight excluding hydrogens is 257 g/mol. The highest BCUT2D eigenvalue weighted by Gasteiger charge is 2.03. The molecule has 0 aliphatic carbocycles. The van der Waals surface area contributed by atoms with Crippen LogP contribution in [0.3, 0.4) is 0 Å². The molecule has 0 aromatic heterocycles. The molecule has 2 aromatic rings. The molecule has 3 nitrogen and oxygen atoms in total. The van der Waals surface area contributed by atoms with Gasteiger partial charge in [-0.2, -0.15) is 0 Å². The van der Waals surface area contributed by atoms with Crippen molar-refractivity contribution in [2.45, 2.75) is 19.9 Å². The summed E-state index contributed by atoms with van der Waals surface area (Å²) in [5, 5.41) is 11.9. The van der Waals surface area contributed by atoms with E-state index in [1.807, 2.05) is 18.2 Å². The summed E-state index contributed by atoms with van der Waals surface area (Å²) in [6, 6.07) is 12.3. The number of benzene rings is 2. The van der Waals surface area contributed by atoms with Gasteiger partial charge in [-0.15, -0.1) is 0 Å². The number of hydrogen-bond acceptors (Lipinski definition) is 2. The van der Waals surface area contributed by atoms with Gasteiger partial charge in [-0.3, -0.25) is 4.79 Å². The van der Waals surface area contributed by atoms with Crippen LogP contribution in [0.2, 0.25) is 0 Å². The lowest BCUT2D eigenvalue weighted by Gasteiger charge is -2.10. The van der Waals surface area contributed by atoms with Gasteiger partial charge in [0.15, 0.2) is 0 Å². The summed E-state index contributed by atoms with van der Waals surface area (Å²) in [4.78, 5) is 10.6. The fourth-order valence-corrected chi connectivity index (χ4v) is 1.95. The Balaban J connectivity index is 2.00. The third-order valence-corrected chi connectivity index (χ3v) is 3.13. The van der Waals surface area contributed by atoms with Crippen LogP contribution in [0.15, 0.2) is 42.5 Å². The number of nitrogens with one attached hydrogen (secondary N) is 1. The molecule has 4 heteroatoms. The van der Waals surface area contributed by atoms with Crippen molar-refractivity contribution in [1.29, 1.82) is 0 Å². The first kappa shape index (κ1) is 14.1. The second-order valence-corrected chi connectivity index (χ2v) is 4.65. The summed E-state index contributed by atoms with van der Waals surface area (Å²) in [6.45, 7) is 2.30. The molecule has 20 heavy (non-hydrogen) atoms. The predicted molar refractivity (Wildman–Crippen MR) is 76.2 cm³/mol. The summed E-state index contributed by atoms with van der Waals surface area (Å²) in [7, 11) is 0. The Kier molecular flexibility index (Phi) is 4.35. The second kappa shape index (κ2) is 6.19. The summed E-state index contributed by atoms with van der Waals surface area (Å²) >= 11 is 0. The first-order valence-corrected chi connectivity index (χ1v) is 6.35. The number of carbonyl (C=O) groups is 1. The minimum absolute atomic E-state index is 0.0245. The van der Waals surface area contributed by atoms with Crippen LogP contribution in [0.5, 0.6) is 0 Å². The Bertz CT molecular complexity index is 608. The van der Waals surface area contributed by atoms with Gasteiger partial charge in [0.2, 0.25) is 0 Å². The number of carboxylic acid groups (broad SMARTS) is 1. The van der Waals surface area contributed by atoms with E-state index >= 15 is 0 Å². The molecular formula is C16H16FNO2. The quantitative estimate of drug-likeness (QED) is 0.878. The SMILES string of the molecule is Cc1c(F)cccc1NCc1ccc(CC(=O)O)cc1. The van der Waals surface area contributed by atoms with E-state index in [-0.39, 0.29) is 12.2 Å². The van der Waals surface area contributed by atoms with Gasteiger partial charge < -0.3 is 10.4 Å². The molecule has 0 fully saturated rings. The van der Waals surface area contributed by atoms with Gasteiger partial charge in [0, 0.05) is 17.8 Å². The van der Waals surface area contributed by atoms with Crippen molar-refractivity contribution in [2.75, 3.05) is 5.32 Å². The van der Waals surface area contributed by atoms with Crippen LogP contribution in [-0.2, 0) is 17.8 Å². The molecule has 0 aliphatic heterocycles. The molecule has 0 atom stereocenters. The van der Waals surface area contributed by atoms with Crippen LogP contribution >= 0.6 is 0 Å². The standard InChI is InChI=1S/C16H16FNO2/c1-11-14(17)3-2-4-15(11)18-10-13-7-5-12(6-8-13)9-16(19)20/h2-8,18H,9-10H2,1H3,(H,19,20). The van der Waals surface area contributed by atoms with Crippen molar-refractivity contribution in [1.82, 2.24) is 0 Å². The molecule has 0 bridgehead atoms. The fourth-order valence-electron chi connectivity index (χ4n) is 1.95. The smallest absolute Gasteiger partial charge is 0.307 e. The van der Waals surface area contributed by atoms with Gasteiger partial charge in [-0.25, -0.2) is 4.39 Å². The summed E-state index contributed by atoms with van der Waals surface area (Å²) in [6.07, 6.45) is 0.0245. The van der Waals surface area contributed by atoms with Gasteiger partial charge in [0.1, 0.15) is 5.82 Å². The average molecular weight is 273 g/mol. The highest BCUT2D eigenvalue weighted by molar-refractivity contribution is 5.70. The summed E-state index contributed by atoms with van der Waals surface area (Å²) in [5.74, 6) is -1.07. The largest absolute Gasteiger partial charge is 0.481 e. The lowest BCUT2D eigenvalue weighted by Crippen LogP contribution is -2.03. The van der Waals surface area contributed by atoms with Crippen LogP contribution in [0, 0.1) is 12.7 Å². The molecule has 0 spiro atoms. The minimum atomic E-state index is -0.841. The van der Waals surface area contributed by atoms with Gasteiger partial charge >= 0.3 is 5.97 Å². The van der Waals surface area contributed by atoms with E-state index in [0.717, 1.165) is 16.8 Å². The molecule has 104 valence electrons. The van der Waals surface area contributed by atoms with Gasteiger partial charge in [-0.05, 0) is 30.2 Å². The number of carboxylic acids is 1. The van der Waals surface area contributed by atoms with Crippen LogP contribution in [0.1, 0.15) is 16.7 Å². The maximum absolute atomic E-state index is 13.4. The average Bonchev–Trinajstić information content (AvgIpc) is 2.41. The van der Waals surface area contributed by atoms with E-state index in [9.17, 15) is 9.18 Å². The van der Waals surface area contributed by atoms with Crippen LogP contribution in [0.25, 0.3) is 0 Å². The van der Waals surface area contributed by atoms with E-state index < -0.39 is 5.97 Å². The zero-order valence-electron chi connectivity index (χ0n) is 11.2. The predicted octanol–water partition coefficient (Wildman–Crippen LogP) is 3.37. The number of anilines is 1. The topological polar surface area (TPSA) is 49.3 Å². The first-order chi connectivity index (χ1) is 9.56. The van der Waals surface area contributed by atoms with E-state index in [1.165, 1.54) is 6.07 Å². The van der Waals surface area contributed by atoms with E-state index in [2.05, 4.69) is 5.32 Å². The van der Waals surface area contributed by atoms with Crippen molar-refractivity contribution in [3.63, 3.8) is 0 Å². The molecule has 0 unspecified atom stereocenters. The molecule has 2 N–H and O–H groups in total. The second-order valence-electron chi connectivity index (χ2n) is 4.65. The van der Waals surface area contributed by atoms with Gasteiger partial charge in [0.05, 0.1) is 6.42 Å². The van der Waals surface area contributed by atoms with E-state index in [1.54, 1.807) is 25.1 Å². The van der Waals surface area contributed by atoms with Gasteiger partial charge in [-0.1, -0.05) is 30.3 Å². The molecule has 2 aromatic carbocycles. The molecule has 0 aliphatic rings. The highest BCUT2D eigenvalue weighted by Crippen LogP contribution is 2.18. The van der Waals surface area contributed by atoms with E-state index in [4.69, 9.17) is 5.11 Å². The first-order valence-electron chi connectivity index (χ1n) is 6.35. The third-order valence-electron chi connectivity index (χ3n) is 3.13. The lowest BCUT2D eigenvalue weighted by atomic mass is 10.1. The maximum atomic E-state index is 13.4. The van der Waals surface area contributed by atoms with Gasteiger partial charge in [0.25, 0.3) is 0 Å². The molecule has 0 saturated heterocycles. The Morgan fingerprint density at radius 3 is 2.45 bits per heavy atom. The monoisotopic (exact) mass is 273 g/mol. The summed E-state index contributed by atoms with van der Waals surface area (Å²) < 4.78 is 13.4. The fraction of sp³-hybridized carbons (Fsp3) is 0.188. The number of aliphatic carboxylic acids is 1. The lowest BCUT2D eigenvalue weighted by molar-refractivity contribution is -0.136. The highest BCUT2D eigenvalue weighted by atomic mass is 19.1. The van der Waals surface area contributed by atoms with Crippen LogP contribution in [0.4, 0.5) is 10.1 Å². The van der Waals surface area contributed by atoms with Crippen molar-refractivity contribution >= 4 is 11.7 Å². The minimum Gasteiger partial charge on any atom is -0.481 e. The molecule has 2 rings (SSSR count). The molecule has 0 heterocycles. The van der Waals surface area contributed by atoms with E-state index in [0.29, 0.717) is 12.1 Å². The van der Waals surface area contributed by atoms with Crippen molar-refractivity contribution < 1.29 is 14.3 Å².